The topological polar surface area (TPSA) is 65.7 Å². The Bertz CT molecular complexity index is 719. The molecular formula is C16H14O5. The molecule has 0 spiro atoms. The van der Waals surface area contributed by atoms with Gasteiger partial charge < -0.3 is 13.9 Å². The number of carbonyl (C=O) groups excluding carboxylic acids is 2. The molecule has 0 N–H and O–H groups in total. The zero-order valence-electron chi connectivity index (χ0n) is 12.2. The van der Waals surface area contributed by atoms with E-state index in [1.54, 1.807) is 26.0 Å². The summed E-state index contributed by atoms with van der Waals surface area (Å²) in [6, 6.07) is 3.24. The van der Waals surface area contributed by atoms with E-state index in [9.17, 15) is 9.59 Å². The van der Waals surface area contributed by atoms with E-state index in [-0.39, 0.29) is 22.7 Å². The molecule has 0 saturated heterocycles. The molecular weight excluding hydrogens is 272 g/mol. The van der Waals surface area contributed by atoms with Gasteiger partial charge in [-0.3, -0.25) is 9.59 Å². The lowest BCUT2D eigenvalue weighted by Gasteiger charge is -2.19. The lowest BCUT2D eigenvalue weighted by molar-refractivity contribution is 0.0974. The lowest BCUT2D eigenvalue weighted by Crippen LogP contribution is -2.22. The molecule has 0 saturated carbocycles. The SMILES string of the molecule is COc1ccc(OC)c2c1C(=O)c1c(C)oc(C)c1C2=O. The van der Waals surface area contributed by atoms with Gasteiger partial charge >= 0.3 is 0 Å². The van der Waals surface area contributed by atoms with Crippen molar-refractivity contribution in [1.82, 2.24) is 0 Å². The average Bonchev–Trinajstić information content (AvgIpc) is 2.78. The number of hydrogen-bond donors (Lipinski definition) is 0. The van der Waals surface area contributed by atoms with Crippen molar-refractivity contribution in [2.75, 3.05) is 14.2 Å². The molecule has 1 aliphatic rings. The summed E-state index contributed by atoms with van der Waals surface area (Å²) < 4.78 is 15.9. The highest BCUT2D eigenvalue weighted by Crippen LogP contribution is 2.40. The highest BCUT2D eigenvalue weighted by Gasteiger charge is 2.39. The minimum Gasteiger partial charge on any atom is -0.496 e. The molecule has 108 valence electrons. The summed E-state index contributed by atoms with van der Waals surface area (Å²) in [6.07, 6.45) is 0. The molecule has 21 heavy (non-hydrogen) atoms. The fraction of sp³-hybridized carbons (Fsp3) is 0.250. The van der Waals surface area contributed by atoms with Gasteiger partial charge in [0.2, 0.25) is 11.6 Å². The molecule has 5 nitrogen and oxygen atoms in total. The Morgan fingerprint density at radius 1 is 0.762 bits per heavy atom. The quantitative estimate of drug-likeness (QED) is 0.724. The molecule has 0 atom stereocenters. The van der Waals surface area contributed by atoms with Crippen LogP contribution < -0.4 is 9.47 Å². The number of carbonyl (C=O) groups is 2. The van der Waals surface area contributed by atoms with Crippen LogP contribution >= 0.6 is 0 Å². The second kappa shape index (κ2) is 4.48. The molecule has 1 aromatic heterocycles. The van der Waals surface area contributed by atoms with E-state index in [2.05, 4.69) is 0 Å². The van der Waals surface area contributed by atoms with Crippen molar-refractivity contribution in [3.63, 3.8) is 0 Å². The standard InChI is InChI=1S/C16H14O5/c1-7-11-12(8(2)21-7)16(18)14-10(20-4)6-5-9(19-3)13(14)15(11)17/h5-6H,1-4H3. The van der Waals surface area contributed by atoms with Crippen LogP contribution in [0, 0.1) is 13.8 Å². The van der Waals surface area contributed by atoms with Gasteiger partial charge in [-0.25, -0.2) is 0 Å². The third kappa shape index (κ3) is 1.63. The minimum absolute atomic E-state index is 0.234. The average molecular weight is 286 g/mol. The van der Waals surface area contributed by atoms with Gasteiger partial charge in [0.25, 0.3) is 0 Å². The van der Waals surface area contributed by atoms with Crippen LogP contribution in [-0.4, -0.2) is 25.8 Å². The van der Waals surface area contributed by atoms with Gasteiger partial charge in [0.15, 0.2) is 0 Å². The van der Waals surface area contributed by atoms with Gasteiger partial charge in [-0.05, 0) is 26.0 Å². The molecule has 0 amide bonds. The number of hydrogen-bond acceptors (Lipinski definition) is 5. The number of benzene rings is 1. The maximum Gasteiger partial charge on any atom is 0.201 e. The van der Waals surface area contributed by atoms with Gasteiger partial charge in [-0.15, -0.1) is 0 Å². The molecule has 0 radical (unpaired) electrons. The maximum absolute atomic E-state index is 12.8. The van der Waals surface area contributed by atoms with Crippen LogP contribution in [0.25, 0.3) is 0 Å². The lowest BCUT2D eigenvalue weighted by atomic mass is 9.83. The first-order chi connectivity index (χ1) is 10.0. The van der Waals surface area contributed by atoms with E-state index >= 15 is 0 Å². The number of rotatable bonds is 2. The molecule has 1 aliphatic carbocycles. The highest BCUT2D eigenvalue weighted by atomic mass is 16.5. The maximum atomic E-state index is 12.8. The Morgan fingerprint density at radius 2 is 1.14 bits per heavy atom. The van der Waals surface area contributed by atoms with Gasteiger partial charge in [0, 0.05) is 0 Å². The van der Waals surface area contributed by atoms with Crippen LogP contribution in [-0.2, 0) is 0 Å². The van der Waals surface area contributed by atoms with E-state index in [4.69, 9.17) is 13.9 Å². The van der Waals surface area contributed by atoms with Crippen LogP contribution in [0.5, 0.6) is 11.5 Å². The molecule has 0 aliphatic heterocycles. The molecule has 0 bridgehead atoms. The van der Waals surface area contributed by atoms with Crippen molar-refractivity contribution in [2.45, 2.75) is 13.8 Å². The van der Waals surface area contributed by atoms with Gasteiger partial charge in [0.1, 0.15) is 23.0 Å². The predicted molar refractivity (Wildman–Crippen MR) is 74.6 cm³/mol. The van der Waals surface area contributed by atoms with Crippen molar-refractivity contribution in [3.8, 4) is 11.5 Å². The third-order valence-electron chi connectivity index (χ3n) is 3.74. The van der Waals surface area contributed by atoms with E-state index in [0.29, 0.717) is 34.1 Å². The summed E-state index contributed by atoms with van der Waals surface area (Å²) in [4.78, 5) is 25.6. The monoisotopic (exact) mass is 286 g/mol. The van der Waals surface area contributed by atoms with Crippen LogP contribution in [0.2, 0.25) is 0 Å². The van der Waals surface area contributed by atoms with Crippen molar-refractivity contribution in [3.05, 3.63) is 45.9 Å². The molecule has 3 rings (SSSR count). The second-order valence-corrected chi connectivity index (χ2v) is 4.84. The van der Waals surface area contributed by atoms with Crippen molar-refractivity contribution in [1.29, 1.82) is 0 Å². The van der Waals surface area contributed by atoms with Crippen LogP contribution in [0.1, 0.15) is 43.4 Å². The van der Waals surface area contributed by atoms with Gasteiger partial charge in [0.05, 0.1) is 36.5 Å². The molecule has 0 unspecified atom stereocenters. The zero-order valence-corrected chi connectivity index (χ0v) is 12.2. The summed E-state index contributed by atoms with van der Waals surface area (Å²) in [5.74, 6) is 1.04. The van der Waals surface area contributed by atoms with Crippen molar-refractivity contribution < 1.29 is 23.5 Å². The molecule has 2 aromatic rings. The third-order valence-corrected chi connectivity index (χ3v) is 3.74. The van der Waals surface area contributed by atoms with E-state index in [1.807, 2.05) is 0 Å². The Morgan fingerprint density at radius 3 is 1.48 bits per heavy atom. The normalized spacial score (nSPS) is 13.0. The first-order valence-electron chi connectivity index (χ1n) is 6.45. The van der Waals surface area contributed by atoms with Crippen molar-refractivity contribution >= 4 is 11.6 Å². The Balaban J connectivity index is 2.41. The summed E-state index contributed by atoms with van der Waals surface area (Å²) >= 11 is 0. The Labute approximate surface area is 121 Å². The van der Waals surface area contributed by atoms with E-state index in [1.165, 1.54) is 14.2 Å². The van der Waals surface area contributed by atoms with E-state index < -0.39 is 0 Å². The minimum atomic E-state index is -0.273. The fourth-order valence-electron chi connectivity index (χ4n) is 2.84. The Kier molecular flexibility index (Phi) is 2.86. The predicted octanol–water partition coefficient (Wildman–Crippen LogP) is 2.69. The molecule has 1 aromatic carbocycles. The second-order valence-electron chi connectivity index (χ2n) is 4.84. The number of methoxy groups -OCH3 is 2. The smallest absolute Gasteiger partial charge is 0.201 e. The first kappa shape index (κ1) is 13.4. The summed E-state index contributed by atoms with van der Waals surface area (Å²) in [5.41, 5.74) is 1.10. The largest absolute Gasteiger partial charge is 0.496 e. The number of aryl methyl sites for hydroxylation is 2. The summed E-state index contributed by atoms with van der Waals surface area (Å²) in [5, 5.41) is 0. The molecule has 0 fully saturated rings. The van der Waals surface area contributed by atoms with Crippen LogP contribution in [0.4, 0.5) is 0 Å². The zero-order chi connectivity index (χ0) is 15.3. The number of ketones is 2. The Hall–Kier alpha value is -2.56. The number of furan rings is 1. The summed E-state index contributed by atoms with van der Waals surface area (Å²) in [6.45, 7) is 3.35. The summed E-state index contributed by atoms with van der Waals surface area (Å²) in [7, 11) is 2.92. The molecule has 1 heterocycles. The van der Waals surface area contributed by atoms with Crippen LogP contribution in [0.15, 0.2) is 16.5 Å². The van der Waals surface area contributed by atoms with Crippen LogP contribution in [0.3, 0.4) is 0 Å². The molecule has 5 heteroatoms. The van der Waals surface area contributed by atoms with Crippen molar-refractivity contribution in [2.24, 2.45) is 0 Å². The highest BCUT2D eigenvalue weighted by molar-refractivity contribution is 6.31. The number of ether oxygens (including phenoxy) is 2. The fourth-order valence-corrected chi connectivity index (χ4v) is 2.84. The van der Waals surface area contributed by atoms with Gasteiger partial charge in [-0.2, -0.15) is 0 Å². The number of fused-ring (bicyclic) bond motifs is 2. The first-order valence-corrected chi connectivity index (χ1v) is 6.45. The van der Waals surface area contributed by atoms with E-state index in [0.717, 1.165) is 0 Å². The van der Waals surface area contributed by atoms with Gasteiger partial charge in [-0.1, -0.05) is 0 Å².